The highest BCUT2D eigenvalue weighted by molar-refractivity contribution is 4.84. The van der Waals surface area contributed by atoms with Crippen LogP contribution in [0, 0.1) is 0 Å². The van der Waals surface area contributed by atoms with Gasteiger partial charge in [0.25, 0.3) is 5.92 Å². The largest absolute Gasteiger partial charge is 0.278 e. The zero-order valence-corrected chi connectivity index (χ0v) is 5.84. The van der Waals surface area contributed by atoms with Gasteiger partial charge >= 0.3 is 0 Å². The summed E-state index contributed by atoms with van der Waals surface area (Å²) >= 11 is 0. The first kappa shape index (κ1) is 8.79. The third-order valence-corrected chi connectivity index (χ3v) is 1.58. The van der Waals surface area contributed by atoms with Crippen LogP contribution in [-0.4, -0.2) is 11.6 Å². The number of hydrogen-bond acceptors (Lipinski definition) is 0. The maximum Gasteiger partial charge on any atom is 0.278 e. The molecule has 0 fully saturated rings. The first-order chi connectivity index (χ1) is 3.81. The van der Waals surface area contributed by atoms with Crippen molar-refractivity contribution < 1.29 is 13.2 Å². The molecule has 0 bridgehead atoms. The Morgan fingerprint density at radius 2 is 1.44 bits per heavy atom. The molecule has 0 aliphatic rings. The van der Waals surface area contributed by atoms with Crippen LogP contribution in [0.5, 0.6) is 0 Å². The van der Waals surface area contributed by atoms with Crippen molar-refractivity contribution in [3.63, 3.8) is 0 Å². The van der Waals surface area contributed by atoms with E-state index in [1.165, 1.54) is 6.92 Å². The van der Waals surface area contributed by atoms with Gasteiger partial charge in [-0.1, -0.05) is 6.92 Å². The van der Waals surface area contributed by atoms with Crippen molar-refractivity contribution in [3.8, 4) is 0 Å². The number of alkyl halides is 3. The molecule has 0 aromatic carbocycles. The van der Waals surface area contributed by atoms with Gasteiger partial charge < -0.3 is 0 Å². The second kappa shape index (κ2) is 2.20. The van der Waals surface area contributed by atoms with Crippen LogP contribution in [0.2, 0.25) is 0 Å². The molecule has 1 atom stereocenters. The summed E-state index contributed by atoms with van der Waals surface area (Å²) in [7, 11) is 0. The highest BCUT2D eigenvalue weighted by Crippen LogP contribution is 2.33. The van der Waals surface area contributed by atoms with Gasteiger partial charge in [0.2, 0.25) is 0 Å². The van der Waals surface area contributed by atoms with Crippen LogP contribution in [0.15, 0.2) is 0 Å². The van der Waals surface area contributed by atoms with E-state index in [1.54, 1.807) is 0 Å². The molecular weight excluding hydrogens is 129 g/mol. The van der Waals surface area contributed by atoms with Gasteiger partial charge in [0.1, 0.15) is 0 Å². The van der Waals surface area contributed by atoms with Crippen LogP contribution >= 0.6 is 0 Å². The Morgan fingerprint density at radius 3 is 1.44 bits per heavy atom. The quantitative estimate of drug-likeness (QED) is 0.553. The van der Waals surface area contributed by atoms with E-state index in [4.69, 9.17) is 0 Å². The van der Waals surface area contributed by atoms with Crippen LogP contribution in [0.3, 0.4) is 0 Å². The van der Waals surface area contributed by atoms with Gasteiger partial charge in [-0.05, 0) is 13.3 Å². The molecule has 0 saturated carbocycles. The third-order valence-electron chi connectivity index (χ3n) is 1.58. The van der Waals surface area contributed by atoms with E-state index in [1.807, 2.05) is 0 Å². The van der Waals surface area contributed by atoms with Crippen molar-refractivity contribution in [1.82, 2.24) is 0 Å². The van der Waals surface area contributed by atoms with E-state index in [0.29, 0.717) is 6.92 Å². The fraction of sp³-hybridized carbons (Fsp3) is 1.00. The van der Waals surface area contributed by atoms with Crippen LogP contribution in [-0.2, 0) is 0 Å². The molecule has 0 heterocycles. The summed E-state index contributed by atoms with van der Waals surface area (Å²) in [4.78, 5) is 0. The van der Waals surface area contributed by atoms with E-state index in [-0.39, 0.29) is 6.42 Å². The fourth-order valence-electron chi connectivity index (χ4n) is 0.310. The normalized spacial score (nSPS) is 19.3. The van der Waals surface area contributed by atoms with Crippen molar-refractivity contribution in [2.45, 2.75) is 38.8 Å². The second-order valence-corrected chi connectivity index (χ2v) is 2.44. The van der Waals surface area contributed by atoms with Gasteiger partial charge in [-0.15, -0.1) is 0 Å². The van der Waals surface area contributed by atoms with Gasteiger partial charge in [-0.2, -0.15) is 0 Å². The molecule has 0 aromatic rings. The summed E-state index contributed by atoms with van der Waals surface area (Å²) in [6, 6.07) is 0. The Hall–Kier alpha value is -0.210. The minimum absolute atomic E-state index is 0.156. The zero-order valence-electron chi connectivity index (χ0n) is 5.84. The molecule has 0 aliphatic heterocycles. The maximum absolute atomic E-state index is 12.6. The number of halogens is 3. The molecule has 0 N–H and O–H groups in total. The van der Waals surface area contributed by atoms with Crippen molar-refractivity contribution in [2.24, 2.45) is 0 Å². The lowest BCUT2D eigenvalue weighted by molar-refractivity contribution is -0.115. The standard InChI is InChI=1S/C6H11F3/c1-4-5(2,7)6(3,8)9/h4H2,1-3H3. The van der Waals surface area contributed by atoms with Gasteiger partial charge in [-0.25, -0.2) is 13.2 Å². The molecule has 0 aliphatic carbocycles. The Balaban J connectivity index is 4.14. The molecule has 0 radical (unpaired) electrons. The zero-order chi connectivity index (χ0) is 7.71. The van der Waals surface area contributed by atoms with Gasteiger partial charge in [0, 0.05) is 6.92 Å². The predicted molar refractivity (Wildman–Crippen MR) is 30.4 cm³/mol. The third kappa shape index (κ3) is 1.88. The Bertz CT molecular complexity index is 91.0. The topological polar surface area (TPSA) is 0 Å². The highest BCUT2D eigenvalue weighted by atomic mass is 19.3. The molecule has 0 saturated heterocycles. The van der Waals surface area contributed by atoms with E-state index < -0.39 is 11.6 Å². The molecule has 0 nitrogen and oxygen atoms in total. The summed E-state index contributed by atoms with van der Waals surface area (Å²) in [6.45, 7) is 2.90. The second-order valence-electron chi connectivity index (χ2n) is 2.44. The summed E-state index contributed by atoms with van der Waals surface area (Å²) < 4.78 is 36.8. The van der Waals surface area contributed by atoms with E-state index >= 15 is 0 Å². The minimum atomic E-state index is -3.22. The minimum Gasteiger partial charge on any atom is -0.238 e. The van der Waals surface area contributed by atoms with Crippen LogP contribution in [0.1, 0.15) is 27.2 Å². The van der Waals surface area contributed by atoms with E-state index in [2.05, 4.69) is 0 Å². The highest BCUT2D eigenvalue weighted by Gasteiger charge is 2.44. The SMILES string of the molecule is CCC(C)(F)C(C)(F)F. The lowest BCUT2D eigenvalue weighted by Gasteiger charge is -2.25. The summed E-state index contributed by atoms with van der Waals surface area (Å²) in [5, 5.41) is 0. The molecule has 0 aromatic heterocycles. The van der Waals surface area contributed by atoms with Crippen molar-refractivity contribution in [1.29, 1.82) is 0 Å². The van der Waals surface area contributed by atoms with Crippen molar-refractivity contribution in [2.75, 3.05) is 0 Å². The van der Waals surface area contributed by atoms with Crippen LogP contribution < -0.4 is 0 Å². The monoisotopic (exact) mass is 140 g/mol. The van der Waals surface area contributed by atoms with Gasteiger partial charge in [0.15, 0.2) is 5.67 Å². The smallest absolute Gasteiger partial charge is 0.238 e. The molecule has 0 spiro atoms. The number of rotatable bonds is 2. The van der Waals surface area contributed by atoms with E-state index in [0.717, 1.165) is 6.92 Å². The summed E-state index contributed by atoms with van der Waals surface area (Å²) in [5.74, 6) is -3.22. The molecule has 56 valence electrons. The first-order valence-corrected chi connectivity index (χ1v) is 2.88. The first-order valence-electron chi connectivity index (χ1n) is 2.88. The molecule has 3 heteroatoms. The van der Waals surface area contributed by atoms with Crippen LogP contribution in [0.4, 0.5) is 13.2 Å². The molecule has 9 heavy (non-hydrogen) atoms. The Morgan fingerprint density at radius 1 is 1.11 bits per heavy atom. The van der Waals surface area contributed by atoms with E-state index in [9.17, 15) is 13.2 Å². The van der Waals surface area contributed by atoms with Crippen molar-refractivity contribution in [3.05, 3.63) is 0 Å². The number of hydrogen-bond donors (Lipinski definition) is 0. The molecule has 0 amide bonds. The van der Waals surface area contributed by atoms with Crippen molar-refractivity contribution >= 4 is 0 Å². The molecular formula is C6H11F3. The average Bonchev–Trinajstić information content (AvgIpc) is 1.64. The fourth-order valence-corrected chi connectivity index (χ4v) is 0.310. The summed E-state index contributed by atoms with van der Waals surface area (Å²) in [5.41, 5.74) is -2.35. The Labute approximate surface area is 53.1 Å². The molecule has 1 unspecified atom stereocenters. The van der Waals surface area contributed by atoms with Gasteiger partial charge in [-0.3, -0.25) is 0 Å². The summed E-state index contributed by atoms with van der Waals surface area (Å²) in [6.07, 6.45) is -0.156. The molecule has 0 rings (SSSR count). The van der Waals surface area contributed by atoms with Gasteiger partial charge in [0.05, 0.1) is 0 Å². The van der Waals surface area contributed by atoms with Crippen LogP contribution in [0.25, 0.3) is 0 Å². The average molecular weight is 140 g/mol. The predicted octanol–water partition coefficient (Wildman–Crippen LogP) is 2.78. The Kier molecular flexibility index (Phi) is 2.14. The lowest BCUT2D eigenvalue weighted by atomic mass is 9.99. The maximum atomic E-state index is 12.6. The lowest BCUT2D eigenvalue weighted by Crippen LogP contribution is -2.37.